The van der Waals surface area contributed by atoms with Crippen molar-refractivity contribution in [1.29, 1.82) is 0 Å². The van der Waals surface area contributed by atoms with Gasteiger partial charge in [-0.05, 0) is 42.0 Å². The second-order valence-corrected chi connectivity index (χ2v) is 5.59. The van der Waals surface area contributed by atoms with Crippen molar-refractivity contribution in [2.75, 3.05) is 14.2 Å². The Labute approximate surface area is 156 Å². The van der Waals surface area contributed by atoms with Gasteiger partial charge in [-0.2, -0.15) is 0 Å². The molecule has 0 aliphatic heterocycles. The zero-order valence-electron chi connectivity index (χ0n) is 14.4. The molecule has 0 atom stereocenters. The lowest BCUT2D eigenvalue weighted by atomic mass is 10.1. The first-order chi connectivity index (χ1) is 12.5. The smallest absolute Gasteiger partial charge is 0.261 e. The average Bonchev–Trinajstić information content (AvgIpc) is 2.67. The molecule has 2 rings (SSSR count). The minimum atomic E-state index is -0.440. The van der Waals surface area contributed by atoms with Crippen molar-refractivity contribution in [3.05, 3.63) is 59.7 Å². The Morgan fingerprint density at radius 2 is 1.65 bits per heavy atom. The molecule has 2 amide bonds. The molecule has 0 heterocycles. The van der Waals surface area contributed by atoms with Crippen molar-refractivity contribution in [2.45, 2.75) is 6.42 Å². The minimum absolute atomic E-state index is 0.0241. The van der Waals surface area contributed by atoms with Crippen LogP contribution >= 0.6 is 12.2 Å². The van der Waals surface area contributed by atoms with Crippen molar-refractivity contribution < 1.29 is 19.1 Å². The van der Waals surface area contributed by atoms with E-state index in [4.69, 9.17) is 21.7 Å². The molecule has 0 saturated heterocycles. The molecule has 0 aliphatic rings. The third-order valence-corrected chi connectivity index (χ3v) is 3.62. The molecule has 0 spiro atoms. The van der Waals surface area contributed by atoms with Crippen LogP contribution in [-0.2, 0) is 11.2 Å². The van der Waals surface area contributed by atoms with Crippen molar-refractivity contribution >= 4 is 29.1 Å². The van der Waals surface area contributed by atoms with Gasteiger partial charge in [0.1, 0.15) is 11.5 Å². The summed E-state index contributed by atoms with van der Waals surface area (Å²) in [7, 11) is 3.05. The highest BCUT2D eigenvalue weighted by molar-refractivity contribution is 7.80. The monoisotopic (exact) mass is 373 g/mol. The van der Waals surface area contributed by atoms with E-state index in [1.54, 1.807) is 55.6 Å². The fraction of sp³-hybridized carbons (Fsp3) is 0.167. The quantitative estimate of drug-likeness (QED) is 0.545. The number of methoxy groups -OCH3 is 2. The van der Waals surface area contributed by atoms with Gasteiger partial charge in [0.2, 0.25) is 5.91 Å². The predicted octanol–water partition coefficient (Wildman–Crippen LogP) is 1.58. The lowest BCUT2D eigenvalue weighted by molar-refractivity contribution is -0.121. The van der Waals surface area contributed by atoms with E-state index in [-0.39, 0.29) is 17.4 Å². The predicted molar refractivity (Wildman–Crippen MR) is 101 cm³/mol. The Balaban J connectivity index is 1.82. The maximum Gasteiger partial charge on any atom is 0.261 e. The molecule has 0 aliphatic carbocycles. The summed E-state index contributed by atoms with van der Waals surface area (Å²) < 4.78 is 10.2. The van der Waals surface area contributed by atoms with E-state index in [1.807, 2.05) is 0 Å². The van der Waals surface area contributed by atoms with Crippen LogP contribution in [0.2, 0.25) is 0 Å². The molecular weight excluding hydrogens is 354 g/mol. The molecule has 0 bridgehead atoms. The summed E-state index contributed by atoms with van der Waals surface area (Å²) >= 11 is 5.01. The van der Waals surface area contributed by atoms with Gasteiger partial charge in [-0.1, -0.05) is 24.3 Å². The van der Waals surface area contributed by atoms with Crippen LogP contribution in [0.1, 0.15) is 15.9 Å². The molecule has 26 heavy (non-hydrogen) atoms. The number of amides is 2. The molecule has 0 aromatic heterocycles. The molecule has 0 unspecified atom stereocenters. The van der Waals surface area contributed by atoms with Gasteiger partial charge < -0.3 is 9.47 Å². The first kappa shape index (κ1) is 19.2. The Hall–Kier alpha value is -3.13. The number of rotatable bonds is 5. The maximum atomic E-state index is 12.2. The van der Waals surface area contributed by atoms with Crippen molar-refractivity contribution in [3.63, 3.8) is 0 Å². The normalized spacial score (nSPS) is 9.77. The van der Waals surface area contributed by atoms with Gasteiger partial charge in [0.05, 0.1) is 26.2 Å². The summed E-state index contributed by atoms with van der Waals surface area (Å²) in [6.45, 7) is 0. The molecule has 2 aromatic carbocycles. The Morgan fingerprint density at radius 1 is 0.962 bits per heavy atom. The van der Waals surface area contributed by atoms with Crippen LogP contribution in [0.25, 0.3) is 0 Å². The van der Waals surface area contributed by atoms with E-state index in [9.17, 15) is 9.59 Å². The largest absolute Gasteiger partial charge is 0.497 e. The molecule has 0 fully saturated rings. The number of hydrogen-bond donors (Lipinski definition) is 3. The molecule has 3 N–H and O–H groups in total. The number of hydrazine groups is 1. The number of nitrogens with one attached hydrogen (secondary N) is 3. The Morgan fingerprint density at radius 3 is 2.31 bits per heavy atom. The van der Waals surface area contributed by atoms with Gasteiger partial charge in [-0.25, -0.2) is 0 Å². The van der Waals surface area contributed by atoms with E-state index < -0.39 is 5.91 Å². The number of thiocarbonyl (C=S) groups is 1. The Kier molecular flexibility index (Phi) is 6.92. The third-order valence-electron chi connectivity index (χ3n) is 3.42. The molecular formula is C18H19N3O4S. The lowest BCUT2D eigenvalue weighted by Crippen LogP contribution is -2.48. The van der Waals surface area contributed by atoms with Crippen molar-refractivity contribution in [3.8, 4) is 11.5 Å². The first-order valence-electron chi connectivity index (χ1n) is 7.69. The molecule has 8 heteroatoms. The van der Waals surface area contributed by atoms with Gasteiger partial charge in [0, 0.05) is 0 Å². The first-order valence-corrected chi connectivity index (χ1v) is 8.10. The second-order valence-electron chi connectivity index (χ2n) is 5.18. The van der Waals surface area contributed by atoms with Crippen LogP contribution in [0.4, 0.5) is 0 Å². The fourth-order valence-electron chi connectivity index (χ4n) is 2.13. The highest BCUT2D eigenvalue weighted by atomic mass is 32.1. The summed E-state index contributed by atoms with van der Waals surface area (Å²) in [5, 5.41) is 2.45. The highest BCUT2D eigenvalue weighted by Crippen LogP contribution is 2.16. The molecule has 0 saturated carbocycles. The van der Waals surface area contributed by atoms with Crippen molar-refractivity contribution in [1.82, 2.24) is 16.2 Å². The molecule has 136 valence electrons. The summed E-state index contributed by atoms with van der Waals surface area (Å²) in [6.07, 6.45) is 0.153. The maximum absolute atomic E-state index is 12.2. The molecule has 2 aromatic rings. The summed E-state index contributed by atoms with van der Waals surface area (Å²) in [5.41, 5.74) is 6.09. The average molecular weight is 373 g/mol. The van der Waals surface area contributed by atoms with Gasteiger partial charge in [0.25, 0.3) is 5.91 Å². The number of ether oxygens (including phenoxy) is 2. The van der Waals surface area contributed by atoms with Crippen LogP contribution in [0.5, 0.6) is 11.5 Å². The Bertz CT molecular complexity index is 793. The summed E-state index contributed by atoms with van der Waals surface area (Å²) in [4.78, 5) is 24.1. The van der Waals surface area contributed by atoms with Gasteiger partial charge in [-0.15, -0.1) is 0 Å². The van der Waals surface area contributed by atoms with Crippen LogP contribution in [0, 0.1) is 0 Å². The van der Waals surface area contributed by atoms with Gasteiger partial charge in [0.15, 0.2) is 5.11 Å². The summed E-state index contributed by atoms with van der Waals surface area (Å²) in [6, 6.07) is 13.9. The summed E-state index contributed by atoms with van der Waals surface area (Å²) in [5.74, 6) is 0.400. The number of para-hydroxylation sites is 1. The van der Waals surface area contributed by atoms with E-state index in [1.165, 1.54) is 7.11 Å². The van der Waals surface area contributed by atoms with Crippen LogP contribution in [0.15, 0.2) is 48.5 Å². The van der Waals surface area contributed by atoms with Crippen LogP contribution < -0.4 is 25.6 Å². The lowest BCUT2D eigenvalue weighted by Gasteiger charge is -2.12. The van der Waals surface area contributed by atoms with Gasteiger partial charge >= 0.3 is 0 Å². The SMILES string of the molecule is COc1ccc(CC(=O)NNC(=S)NC(=O)c2ccccc2OC)cc1. The van der Waals surface area contributed by atoms with E-state index >= 15 is 0 Å². The fourth-order valence-corrected chi connectivity index (χ4v) is 2.28. The zero-order chi connectivity index (χ0) is 18.9. The topological polar surface area (TPSA) is 88.7 Å². The minimum Gasteiger partial charge on any atom is -0.497 e. The van der Waals surface area contributed by atoms with Crippen LogP contribution in [0.3, 0.4) is 0 Å². The number of carbonyl (C=O) groups is 2. The zero-order valence-corrected chi connectivity index (χ0v) is 15.2. The van der Waals surface area contributed by atoms with E-state index in [2.05, 4.69) is 16.2 Å². The third kappa shape index (κ3) is 5.45. The number of hydrogen-bond acceptors (Lipinski definition) is 5. The second kappa shape index (κ2) is 9.38. The standard InChI is InChI=1S/C18H19N3O4S/c1-24-13-9-7-12(8-10-13)11-16(22)20-21-18(26)19-17(23)14-5-3-4-6-15(14)25-2/h3-10H,11H2,1-2H3,(H,20,22)(H2,19,21,23,26). The number of carbonyl (C=O) groups excluding carboxylic acids is 2. The van der Waals surface area contributed by atoms with Gasteiger partial charge in [-0.3, -0.25) is 25.8 Å². The molecule has 7 nitrogen and oxygen atoms in total. The number of benzene rings is 2. The highest BCUT2D eigenvalue weighted by Gasteiger charge is 2.13. The van der Waals surface area contributed by atoms with Crippen molar-refractivity contribution in [2.24, 2.45) is 0 Å². The van der Waals surface area contributed by atoms with E-state index in [0.717, 1.165) is 5.56 Å². The van der Waals surface area contributed by atoms with E-state index in [0.29, 0.717) is 17.1 Å². The van der Waals surface area contributed by atoms with Crippen LogP contribution in [-0.4, -0.2) is 31.1 Å². The molecule has 0 radical (unpaired) electrons.